The third-order valence-electron chi connectivity index (χ3n) is 2.93. The Kier molecular flexibility index (Phi) is 4.93. The number of aryl methyl sites for hydroxylation is 1. The Hall–Kier alpha value is -2.03. The van der Waals surface area contributed by atoms with Crippen molar-refractivity contribution in [3.05, 3.63) is 42.0 Å². The Morgan fingerprint density at radius 3 is 2.05 bits per heavy atom. The van der Waals surface area contributed by atoms with Crippen molar-refractivity contribution in [2.24, 2.45) is 0 Å². The van der Waals surface area contributed by atoms with Crippen LogP contribution in [-0.4, -0.2) is 18.2 Å². The quantitative estimate of drug-likeness (QED) is 0.823. The van der Waals surface area contributed by atoms with E-state index in [-0.39, 0.29) is 11.7 Å². The van der Waals surface area contributed by atoms with Crippen LogP contribution in [0.3, 0.4) is 0 Å². The number of methoxy groups -OCH3 is 1. The van der Waals surface area contributed by atoms with Crippen molar-refractivity contribution in [3.8, 4) is 5.75 Å². The van der Waals surface area contributed by atoms with Crippen LogP contribution in [0.5, 0.6) is 5.75 Å². The lowest BCUT2D eigenvalue weighted by Gasteiger charge is -2.13. The predicted molar refractivity (Wildman–Crippen MR) is 77.9 cm³/mol. The van der Waals surface area contributed by atoms with E-state index in [4.69, 9.17) is 0 Å². The molecule has 0 aliphatic heterocycles. The van der Waals surface area contributed by atoms with Crippen LogP contribution in [0.1, 0.15) is 37.0 Å². The highest BCUT2D eigenvalue weighted by atomic mass is 16.5. The average Bonchev–Trinajstić information content (AvgIpc) is 2.36. The molecule has 0 saturated heterocycles. The predicted octanol–water partition coefficient (Wildman–Crippen LogP) is 3.56. The molecule has 0 saturated carbocycles. The van der Waals surface area contributed by atoms with Gasteiger partial charge in [0, 0.05) is 17.5 Å². The number of esters is 1. The third-order valence-corrected chi connectivity index (χ3v) is 2.93. The van der Waals surface area contributed by atoms with Gasteiger partial charge in [0.05, 0.1) is 7.11 Å². The van der Waals surface area contributed by atoms with Gasteiger partial charge in [-0.2, -0.15) is 0 Å². The van der Waals surface area contributed by atoms with E-state index in [9.17, 15) is 9.90 Å². The monoisotopic (exact) mass is 260 g/mol. The number of rotatable bonds is 5. The number of phenolic OH excluding ortho intramolecular Hbond substituents is 1. The first-order valence-electron chi connectivity index (χ1n) is 6.11. The molecule has 1 N–H and O–H groups in total. The Labute approximate surface area is 114 Å². The number of benzene rings is 1. The zero-order valence-electron chi connectivity index (χ0n) is 11.7. The average molecular weight is 260 g/mol. The number of allylic oxidation sites excluding steroid dienone is 2. The summed E-state index contributed by atoms with van der Waals surface area (Å²) in [6.45, 7) is 11.4. The first kappa shape index (κ1) is 15.0. The molecular formula is C16H20O3. The molecule has 0 heterocycles. The van der Waals surface area contributed by atoms with Crippen LogP contribution in [0.2, 0.25) is 0 Å². The van der Waals surface area contributed by atoms with Gasteiger partial charge >= 0.3 is 5.97 Å². The molecule has 0 bridgehead atoms. The van der Waals surface area contributed by atoms with Crippen LogP contribution in [0.4, 0.5) is 0 Å². The first-order valence-corrected chi connectivity index (χ1v) is 6.11. The number of aromatic hydroxyl groups is 1. The zero-order chi connectivity index (χ0) is 14.6. The van der Waals surface area contributed by atoms with Crippen molar-refractivity contribution in [2.45, 2.75) is 26.7 Å². The molecule has 0 aliphatic rings. The molecular weight excluding hydrogens is 240 g/mol. The van der Waals surface area contributed by atoms with Crippen LogP contribution in [0, 0.1) is 0 Å². The minimum absolute atomic E-state index is 0.196. The summed E-state index contributed by atoms with van der Waals surface area (Å²) in [6, 6.07) is 3.71. The Balaban J connectivity index is 3.15. The lowest BCUT2D eigenvalue weighted by atomic mass is 9.95. The standard InChI is InChI=1S/C16H20O3/c1-10(2)13-8-12(6-7-15(17)19-5)9-14(11(3)4)16(13)18/h8-9,18H,1,3,6-7H2,2,4-5H3. The normalized spacial score (nSPS) is 10.1. The third kappa shape index (κ3) is 3.71. The fraction of sp³-hybridized carbons (Fsp3) is 0.312. The minimum Gasteiger partial charge on any atom is -0.507 e. The lowest BCUT2D eigenvalue weighted by Crippen LogP contribution is -2.02. The Morgan fingerprint density at radius 1 is 1.21 bits per heavy atom. The molecule has 0 fully saturated rings. The van der Waals surface area contributed by atoms with Crippen LogP contribution < -0.4 is 0 Å². The van der Waals surface area contributed by atoms with Gasteiger partial charge in [0.25, 0.3) is 0 Å². The number of carbonyl (C=O) groups is 1. The van der Waals surface area contributed by atoms with E-state index < -0.39 is 0 Å². The second-order valence-corrected chi connectivity index (χ2v) is 4.68. The van der Waals surface area contributed by atoms with Crippen molar-refractivity contribution >= 4 is 17.1 Å². The fourth-order valence-corrected chi connectivity index (χ4v) is 1.84. The molecule has 102 valence electrons. The summed E-state index contributed by atoms with van der Waals surface area (Å²) in [5.41, 5.74) is 3.90. The fourth-order valence-electron chi connectivity index (χ4n) is 1.84. The van der Waals surface area contributed by atoms with E-state index >= 15 is 0 Å². The maximum absolute atomic E-state index is 11.2. The molecule has 0 radical (unpaired) electrons. The van der Waals surface area contributed by atoms with Gasteiger partial charge in [-0.25, -0.2) is 0 Å². The highest BCUT2D eigenvalue weighted by molar-refractivity contribution is 5.77. The largest absolute Gasteiger partial charge is 0.507 e. The van der Waals surface area contributed by atoms with Gasteiger partial charge in [0.2, 0.25) is 0 Å². The molecule has 1 aromatic rings. The van der Waals surface area contributed by atoms with Gasteiger partial charge in [0.1, 0.15) is 5.75 Å². The highest BCUT2D eigenvalue weighted by Crippen LogP contribution is 2.33. The van der Waals surface area contributed by atoms with E-state index in [2.05, 4.69) is 17.9 Å². The maximum Gasteiger partial charge on any atom is 0.305 e. The molecule has 19 heavy (non-hydrogen) atoms. The van der Waals surface area contributed by atoms with E-state index in [1.54, 1.807) is 0 Å². The van der Waals surface area contributed by atoms with Gasteiger partial charge < -0.3 is 9.84 Å². The van der Waals surface area contributed by atoms with Crippen LogP contribution in [-0.2, 0) is 16.0 Å². The van der Waals surface area contributed by atoms with E-state index in [1.807, 2.05) is 26.0 Å². The second-order valence-electron chi connectivity index (χ2n) is 4.68. The summed E-state index contributed by atoms with van der Waals surface area (Å²) in [4.78, 5) is 11.2. The van der Waals surface area contributed by atoms with E-state index in [0.29, 0.717) is 24.0 Å². The maximum atomic E-state index is 11.2. The Bertz CT molecular complexity index is 492. The number of hydrogen-bond donors (Lipinski definition) is 1. The minimum atomic E-state index is -0.248. The van der Waals surface area contributed by atoms with Gasteiger partial charge in [0.15, 0.2) is 0 Å². The van der Waals surface area contributed by atoms with Gasteiger partial charge in [-0.3, -0.25) is 4.79 Å². The molecule has 1 rings (SSSR count). The Morgan fingerprint density at radius 2 is 1.68 bits per heavy atom. The molecule has 0 aromatic heterocycles. The smallest absolute Gasteiger partial charge is 0.305 e. The lowest BCUT2D eigenvalue weighted by molar-refractivity contribution is -0.140. The molecule has 1 aromatic carbocycles. The topological polar surface area (TPSA) is 46.5 Å². The van der Waals surface area contributed by atoms with Crippen molar-refractivity contribution in [2.75, 3.05) is 7.11 Å². The molecule has 0 aliphatic carbocycles. The van der Waals surface area contributed by atoms with Gasteiger partial charge in [-0.1, -0.05) is 13.2 Å². The summed E-state index contributed by atoms with van der Waals surface area (Å²) in [7, 11) is 1.37. The number of ether oxygens (including phenoxy) is 1. The van der Waals surface area contributed by atoms with E-state index in [0.717, 1.165) is 16.7 Å². The van der Waals surface area contributed by atoms with Crippen LogP contribution in [0.15, 0.2) is 25.3 Å². The number of carbonyl (C=O) groups excluding carboxylic acids is 1. The van der Waals surface area contributed by atoms with E-state index in [1.165, 1.54) is 7.11 Å². The van der Waals surface area contributed by atoms with Crippen molar-refractivity contribution in [1.82, 2.24) is 0 Å². The molecule has 0 spiro atoms. The highest BCUT2D eigenvalue weighted by Gasteiger charge is 2.12. The molecule has 0 unspecified atom stereocenters. The first-order chi connectivity index (χ1) is 8.86. The summed E-state index contributed by atoms with van der Waals surface area (Å²) >= 11 is 0. The zero-order valence-corrected chi connectivity index (χ0v) is 11.7. The van der Waals surface area contributed by atoms with Crippen molar-refractivity contribution in [3.63, 3.8) is 0 Å². The van der Waals surface area contributed by atoms with Crippen molar-refractivity contribution < 1.29 is 14.6 Å². The SMILES string of the molecule is C=C(C)c1cc(CCC(=O)OC)cc(C(=C)C)c1O. The molecule has 0 amide bonds. The molecule has 3 heteroatoms. The van der Waals surface area contributed by atoms with Crippen LogP contribution >= 0.6 is 0 Å². The summed E-state index contributed by atoms with van der Waals surface area (Å²) in [6.07, 6.45) is 0.875. The van der Waals surface area contributed by atoms with Crippen molar-refractivity contribution in [1.29, 1.82) is 0 Å². The summed E-state index contributed by atoms with van der Waals surface area (Å²) in [5, 5.41) is 10.2. The summed E-state index contributed by atoms with van der Waals surface area (Å²) in [5.74, 6) is -0.0522. The molecule has 3 nitrogen and oxygen atoms in total. The molecule has 0 atom stereocenters. The van der Waals surface area contributed by atoms with Crippen LogP contribution in [0.25, 0.3) is 11.1 Å². The number of hydrogen-bond acceptors (Lipinski definition) is 3. The summed E-state index contributed by atoms with van der Waals surface area (Å²) < 4.78 is 4.63. The van der Waals surface area contributed by atoms with Gasteiger partial charge in [-0.05, 0) is 49.1 Å². The second kappa shape index (κ2) is 6.23. The van der Waals surface area contributed by atoms with Gasteiger partial charge in [-0.15, -0.1) is 0 Å². The number of phenols is 1.